The van der Waals surface area contributed by atoms with Crippen LogP contribution in [0.2, 0.25) is 10.0 Å². The van der Waals surface area contributed by atoms with Gasteiger partial charge in [0, 0.05) is 23.0 Å². The summed E-state index contributed by atoms with van der Waals surface area (Å²) in [4.78, 5) is 31.2. The first kappa shape index (κ1) is 27.8. The van der Waals surface area contributed by atoms with Gasteiger partial charge in [-0.15, -0.1) is 0 Å². The van der Waals surface area contributed by atoms with Crippen LogP contribution >= 0.6 is 23.2 Å². The van der Waals surface area contributed by atoms with Crippen LogP contribution in [0, 0.1) is 23.2 Å². The molecule has 6 atom stereocenters. The standard InChI is InChI=1S/C27H36BCl2N3O5/c1-14(2)8-23(28-36-22-11-16-10-21(26(16,3)4)27(22,5)38-28)32-25(35)20-12-19(33-37-20)24(34)31-13-15-9-17(29)6-7-18(15)30/h6-7,9,14,16,20-23H,8,10-13H2,1-5H3,(H,31,34)(H,32,35)/t16-,20?,21-,22+,23-,27-/m0/s1. The molecule has 1 unspecified atom stereocenters. The number of hydrogen-bond donors (Lipinski definition) is 2. The highest BCUT2D eigenvalue weighted by molar-refractivity contribution is 6.48. The van der Waals surface area contributed by atoms with E-state index in [2.05, 4.69) is 50.4 Å². The van der Waals surface area contributed by atoms with E-state index in [9.17, 15) is 9.59 Å². The Hall–Kier alpha value is -1.81. The molecule has 3 aliphatic carbocycles. The molecule has 1 saturated heterocycles. The number of hydrogen-bond acceptors (Lipinski definition) is 6. The van der Waals surface area contributed by atoms with E-state index in [1.807, 2.05) is 0 Å². The van der Waals surface area contributed by atoms with Crippen molar-refractivity contribution in [1.29, 1.82) is 0 Å². The maximum Gasteiger partial charge on any atom is 0.481 e. The molecule has 0 radical (unpaired) electrons. The highest BCUT2D eigenvalue weighted by Gasteiger charge is 2.68. The van der Waals surface area contributed by atoms with Gasteiger partial charge in [-0.2, -0.15) is 0 Å². The van der Waals surface area contributed by atoms with Gasteiger partial charge in [-0.1, -0.05) is 56.1 Å². The molecule has 8 nitrogen and oxygen atoms in total. The van der Waals surface area contributed by atoms with E-state index in [0.29, 0.717) is 39.8 Å². The molecular formula is C27H36BCl2N3O5. The minimum absolute atomic E-state index is 0.0326. The van der Waals surface area contributed by atoms with Crippen LogP contribution in [0.4, 0.5) is 0 Å². The van der Waals surface area contributed by atoms with Gasteiger partial charge in [0.1, 0.15) is 5.71 Å². The Balaban J connectivity index is 1.17. The summed E-state index contributed by atoms with van der Waals surface area (Å²) in [6, 6.07) is 5.04. The zero-order valence-corrected chi connectivity index (χ0v) is 24.1. The summed E-state index contributed by atoms with van der Waals surface area (Å²) in [6.45, 7) is 11.2. The van der Waals surface area contributed by atoms with Gasteiger partial charge in [-0.05, 0) is 73.1 Å². The normalized spacial score (nSPS) is 31.7. The molecule has 2 bridgehead atoms. The van der Waals surface area contributed by atoms with Crippen molar-refractivity contribution < 1.29 is 23.7 Å². The summed E-state index contributed by atoms with van der Waals surface area (Å²) in [5, 5.41) is 10.8. The lowest BCUT2D eigenvalue weighted by Gasteiger charge is -2.64. The quantitative estimate of drug-likeness (QED) is 0.452. The van der Waals surface area contributed by atoms with Crippen LogP contribution in [0.25, 0.3) is 0 Å². The van der Waals surface area contributed by atoms with Crippen molar-refractivity contribution >= 4 is 47.8 Å². The van der Waals surface area contributed by atoms with E-state index in [0.717, 1.165) is 6.42 Å². The molecule has 206 valence electrons. The van der Waals surface area contributed by atoms with Crippen LogP contribution in [0.3, 0.4) is 0 Å². The van der Waals surface area contributed by atoms with Crippen LogP contribution in [0.1, 0.15) is 65.9 Å². The van der Waals surface area contributed by atoms with Gasteiger partial charge in [0.2, 0.25) is 6.10 Å². The van der Waals surface area contributed by atoms with Crippen molar-refractivity contribution in [1.82, 2.24) is 10.6 Å². The molecule has 5 aliphatic rings. The van der Waals surface area contributed by atoms with Gasteiger partial charge in [0.05, 0.1) is 17.6 Å². The summed E-state index contributed by atoms with van der Waals surface area (Å²) < 4.78 is 13.1. The Kier molecular flexibility index (Phi) is 7.53. The zero-order valence-electron chi connectivity index (χ0n) is 22.6. The number of carbonyl (C=O) groups is 2. The SMILES string of the molecule is CC(C)C[C@H](NC(=O)C1CC(C(=O)NCc2cc(Cl)ccc2Cl)=NO1)B1O[C@@H]2C[C@@H]3C[C@@H](C3(C)C)[C@]2(C)O1. The predicted molar refractivity (Wildman–Crippen MR) is 147 cm³/mol. The third-order valence-electron chi connectivity index (χ3n) is 9.02. The maximum atomic E-state index is 13.2. The minimum atomic E-state index is -0.897. The van der Waals surface area contributed by atoms with E-state index in [4.69, 9.17) is 37.3 Å². The van der Waals surface area contributed by atoms with Crippen LogP contribution in [0.5, 0.6) is 0 Å². The van der Waals surface area contributed by atoms with Crippen molar-refractivity contribution in [2.75, 3.05) is 0 Å². The molecule has 3 saturated carbocycles. The lowest BCUT2D eigenvalue weighted by Crippen LogP contribution is -2.65. The van der Waals surface area contributed by atoms with E-state index in [1.54, 1.807) is 18.2 Å². The second-order valence-corrected chi connectivity index (χ2v) is 13.2. The van der Waals surface area contributed by atoms with Gasteiger partial charge in [-0.3, -0.25) is 9.59 Å². The van der Waals surface area contributed by atoms with Crippen molar-refractivity contribution in [3.05, 3.63) is 33.8 Å². The average Bonchev–Trinajstić information content (AvgIpc) is 3.48. The monoisotopic (exact) mass is 563 g/mol. The third-order valence-corrected chi connectivity index (χ3v) is 9.62. The summed E-state index contributed by atoms with van der Waals surface area (Å²) in [7, 11) is -0.529. The van der Waals surface area contributed by atoms with Gasteiger partial charge in [-0.25, -0.2) is 0 Å². The molecule has 1 aromatic carbocycles. The first-order valence-electron chi connectivity index (χ1n) is 13.5. The van der Waals surface area contributed by atoms with Crippen LogP contribution in [0.15, 0.2) is 23.4 Å². The number of oxime groups is 1. The zero-order chi connectivity index (χ0) is 27.4. The number of amides is 2. The Morgan fingerprint density at radius 2 is 1.97 bits per heavy atom. The molecule has 2 N–H and O–H groups in total. The van der Waals surface area contributed by atoms with Crippen molar-refractivity contribution in [2.24, 2.45) is 28.3 Å². The molecular weight excluding hydrogens is 528 g/mol. The van der Waals surface area contributed by atoms with E-state index in [-0.39, 0.29) is 47.6 Å². The average molecular weight is 564 g/mol. The second kappa shape index (κ2) is 10.3. The number of rotatable bonds is 8. The molecule has 38 heavy (non-hydrogen) atoms. The fraction of sp³-hybridized carbons (Fsp3) is 0.667. The lowest BCUT2D eigenvalue weighted by atomic mass is 9.43. The molecule has 6 rings (SSSR count). The fourth-order valence-electron chi connectivity index (χ4n) is 6.70. The number of halogens is 2. The molecule has 4 fully saturated rings. The van der Waals surface area contributed by atoms with Gasteiger partial charge >= 0.3 is 7.12 Å². The summed E-state index contributed by atoms with van der Waals surface area (Å²) in [5.41, 5.74) is 0.722. The van der Waals surface area contributed by atoms with Crippen LogP contribution in [-0.2, 0) is 30.3 Å². The smallest absolute Gasteiger partial charge is 0.404 e. The lowest BCUT2D eigenvalue weighted by molar-refractivity contribution is -0.199. The molecule has 11 heteroatoms. The number of nitrogens with one attached hydrogen (secondary N) is 2. The number of carbonyl (C=O) groups excluding carboxylic acids is 2. The van der Waals surface area contributed by atoms with E-state index < -0.39 is 19.1 Å². The Labute approximate surface area is 234 Å². The molecule has 2 aliphatic heterocycles. The highest BCUT2D eigenvalue weighted by atomic mass is 35.5. The fourth-order valence-corrected chi connectivity index (χ4v) is 7.08. The van der Waals surface area contributed by atoms with E-state index in [1.165, 1.54) is 6.42 Å². The highest BCUT2D eigenvalue weighted by Crippen LogP contribution is 2.65. The van der Waals surface area contributed by atoms with Crippen LogP contribution in [-0.4, -0.2) is 48.4 Å². The molecule has 0 aromatic heterocycles. The van der Waals surface area contributed by atoms with Crippen molar-refractivity contribution in [3.8, 4) is 0 Å². The maximum absolute atomic E-state index is 13.2. The molecule has 2 heterocycles. The van der Waals surface area contributed by atoms with Gasteiger partial charge < -0.3 is 24.8 Å². The molecule has 1 aromatic rings. The Bertz CT molecular complexity index is 1150. The van der Waals surface area contributed by atoms with Gasteiger partial charge in [0.25, 0.3) is 11.8 Å². The van der Waals surface area contributed by atoms with E-state index >= 15 is 0 Å². The van der Waals surface area contributed by atoms with Crippen molar-refractivity contribution in [3.63, 3.8) is 0 Å². The Morgan fingerprint density at radius 1 is 1.21 bits per heavy atom. The summed E-state index contributed by atoms with van der Waals surface area (Å²) in [5.74, 6) is 0.307. The molecule has 0 spiro atoms. The second-order valence-electron chi connectivity index (χ2n) is 12.3. The third kappa shape index (κ3) is 5.07. The number of nitrogens with zero attached hydrogens (tertiary/aromatic N) is 1. The number of benzene rings is 1. The van der Waals surface area contributed by atoms with Crippen molar-refractivity contribution in [2.45, 2.75) is 90.6 Å². The first-order chi connectivity index (χ1) is 17.9. The summed E-state index contributed by atoms with van der Waals surface area (Å²) >= 11 is 12.2. The Morgan fingerprint density at radius 3 is 2.68 bits per heavy atom. The first-order valence-corrected chi connectivity index (χ1v) is 14.2. The summed E-state index contributed by atoms with van der Waals surface area (Å²) in [6.07, 6.45) is 2.05. The van der Waals surface area contributed by atoms with Gasteiger partial charge in [0.15, 0.2) is 0 Å². The largest absolute Gasteiger partial charge is 0.481 e. The minimum Gasteiger partial charge on any atom is -0.404 e. The van der Waals surface area contributed by atoms with Crippen LogP contribution < -0.4 is 10.6 Å². The predicted octanol–water partition coefficient (Wildman–Crippen LogP) is 4.55. The molecule has 2 amide bonds. The topological polar surface area (TPSA) is 98.3 Å².